The van der Waals surface area contributed by atoms with Crippen molar-refractivity contribution < 1.29 is 8.42 Å². The lowest BCUT2D eigenvalue weighted by Crippen LogP contribution is -2.48. The van der Waals surface area contributed by atoms with Crippen molar-refractivity contribution >= 4 is 38.8 Å². The summed E-state index contributed by atoms with van der Waals surface area (Å²) >= 11 is 1.36. The minimum absolute atomic E-state index is 0.424. The van der Waals surface area contributed by atoms with E-state index in [1.165, 1.54) is 11.3 Å². The average Bonchev–Trinajstić information content (AvgIpc) is 3.25. The Morgan fingerprint density at radius 2 is 1.83 bits per heavy atom. The quantitative estimate of drug-likeness (QED) is 0.643. The van der Waals surface area contributed by atoms with Crippen molar-refractivity contribution in [2.75, 3.05) is 36.4 Å². The summed E-state index contributed by atoms with van der Waals surface area (Å²) < 4.78 is 27.7. The molecule has 4 rings (SSSR count). The highest BCUT2D eigenvalue weighted by molar-refractivity contribution is 7.91. The van der Waals surface area contributed by atoms with Crippen LogP contribution in [0.2, 0.25) is 0 Å². The van der Waals surface area contributed by atoms with Crippen LogP contribution in [0.1, 0.15) is 11.8 Å². The van der Waals surface area contributed by atoms with Crippen LogP contribution in [0.5, 0.6) is 0 Å². The molecule has 1 aliphatic heterocycles. The van der Waals surface area contributed by atoms with Gasteiger partial charge in [-0.25, -0.2) is 13.4 Å². The molecule has 8 nitrogen and oxygen atoms in total. The molecular weight excluding hydrogens is 408 g/mol. The van der Waals surface area contributed by atoms with Gasteiger partial charge in [-0.2, -0.15) is 4.31 Å². The van der Waals surface area contributed by atoms with Gasteiger partial charge in [0.1, 0.15) is 10.0 Å². The molecule has 3 aromatic rings. The van der Waals surface area contributed by atoms with E-state index in [0.717, 1.165) is 17.1 Å². The molecule has 0 radical (unpaired) electrons. The highest BCUT2D eigenvalue weighted by Crippen LogP contribution is 2.26. The number of hydrogen-bond donors (Lipinski definition) is 1. The molecule has 1 N–H and O–H groups in total. The molecule has 1 saturated heterocycles. The second-order valence-corrected chi connectivity index (χ2v) is 9.92. The van der Waals surface area contributed by atoms with E-state index >= 15 is 0 Å². The first kappa shape index (κ1) is 19.7. The van der Waals surface area contributed by atoms with Crippen LogP contribution in [-0.4, -0.2) is 54.1 Å². The first-order valence-electron chi connectivity index (χ1n) is 9.42. The van der Waals surface area contributed by atoms with E-state index in [-0.39, 0.29) is 0 Å². The molecule has 0 spiro atoms. The van der Waals surface area contributed by atoms with Gasteiger partial charge >= 0.3 is 0 Å². The van der Waals surface area contributed by atoms with Crippen molar-refractivity contribution in [3.63, 3.8) is 0 Å². The minimum Gasteiger partial charge on any atom is -0.352 e. The van der Waals surface area contributed by atoms with Crippen LogP contribution in [0, 0.1) is 0 Å². The van der Waals surface area contributed by atoms with E-state index in [1.807, 2.05) is 43.3 Å². The Labute approximate surface area is 174 Å². The Bertz CT molecular complexity index is 1050. The number of hydrogen-bond acceptors (Lipinski definition) is 8. The number of aromatic nitrogens is 3. The van der Waals surface area contributed by atoms with E-state index in [2.05, 4.69) is 25.4 Å². The van der Waals surface area contributed by atoms with E-state index in [4.69, 9.17) is 0 Å². The van der Waals surface area contributed by atoms with Crippen molar-refractivity contribution in [3.8, 4) is 0 Å². The smallest absolute Gasteiger partial charge is 0.252 e. The van der Waals surface area contributed by atoms with Crippen LogP contribution in [0.4, 0.5) is 17.5 Å². The zero-order valence-corrected chi connectivity index (χ0v) is 17.7. The third kappa shape index (κ3) is 4.39. The Hall–Kier alpha value is -2.56. The maximum absolute atomic E-state index is 12.9. The molecule has 0 saturated carbocycles. The van der Waals surface area contributed by atoms with E-state index in [1.54, 1.807) is 16.6 Å². The van der Waals surface area contributed by atoms with Crippen LogP contribution in [0.3, 0.4) is 0 Å². The topological polar surface area (TPSA) is 91.3 Å². The Balaban J connectivity index is 1.38. The molecule has 10 heteroatoms. The zero-order chi connectivity index (χ0) is 20.3. The monoisotopic (exact) mass is 430 g/mol. The van der Waals surface area contributed by atoms with Gasteiger partial charge in [-0.15, -0.1) is 21.5 Å². The molecule has 0 aliphatic carbocycles. The van der Waals surface area contributed by atoms with Crippen LogP contribution < -0.4 is 10.2 Å². The molecule has 4 heterocycles. The van der Waals surface area contributed by atoms with Crippen molar-refractivity contribution in [2.24, 2.45) is 0 Å². The molecule has 1 aliphatic rings. The number of thiophene rings is 1. The summed E-state index contributed by atoms with van der Waals surface area (Å²) in [6, 6.07) is 12.9. The average molecular weight is 431 g/mol. The fourth-order valence-electron chi connectivity index (χ4n) is 3.10. The largest absolute Gasteiger partial charge is 0.352 e. The van der Waals surface area contributed by atoms with Gasteiger partial charge in [0, 0.05) is 37.3 Å². The number of piperazine rings is 1. The molecule has 0 unspecified atom stereocenters. The van der Waals surface area contributed by atoms with E-state index < -0.39 is 10.0 Å². The van der Waals surface area contributed by atoms with Gasteiger partial charge in [-0.05, 0) is 42.8 Å². The van der Waals surface area contributed by atoms with Crippen LogP contribution in [0.25, 0.3) is 0 Å². The zero-order valence-electron chi connectivity index (χ0n) is 16.0. The summed E-state index contributed by atoms with van der Waals surface area (Å²) in [5.41, 5.74) is 0. The Kier molecular flexibility index (Phi) is 5.74. The Morgan fingerprint density at radius 1 is 1.00 bits per heavy atom. The number of nitrogens with one attached hydrogen (secondary N) is 1. The lowest BCUT2D eigenvalue weighted by molar-refractivity contribution is 0.384. The number of rotatable bonds is 6. The molecule has 0 aromatic carbocycles. The second-order valence-electron chi connectivity index (χ2n) is 6.58. The number of pyridine rings is 1. The number of aryl methyl sites for hydroxylation is 1. The minimum atomic E-state index is -3.43. The van der Waals surface area contributed by atoms with E-state index in [0.29, 0.717) is 42.0 Å². The van der Waals surface area contributed by atoms with Crippen molar-refractivity contribution in [1.82, 2.24) is 19.5 Å². The predicted molar refractivity (Wildman–Crippen MR) is 114 cm³/mol. The van der Waals surface area contributed by atoms with Gasteiger partial charge in [0.2, 0.25) is 0 Å². The molecule has 152 valence electrons. The number of nitrogens with zero attached hydrogens (tertiary/aromatic N) is 5. The maximum atomic E-state index is 12.9. The lowest BCUT2D eigenvalue weighted by Gasteiger charge is -2.34. The fourth-order valence-corrected chi connectivity index (χ4v) is 5.97. The van der Waals surface area contributed by atoms with Gasteiger partial charge in [-0.3, -0.25) is 0 Å². The SMILES string of the molecule is CCc1ccc(S(=O)(=O)N2CCN(c3ccc(Nc4ccccn4)nn3)CC2)s1. The highest BCUT2D eigenvalue weighted by atomic mass is 32.2. The molecule has 0 bridgehead atoms. The number of sulfonamides is 1. The summed E-state index contributed by atoms with van der Waals surface area (Å²) in [5, 5.41) is 11.6. The molecule has 3 aromatic heterocycles. The summed E-state index contributed by atoms with van der Waals surface area (Å²) in [4.78, 5) is 7.33. The highest BCUT2D eigenvalue weighted by Gasteiger charge is 2.30. The van der Waals surface area contributed by atoms with Gasteiger partial charge in [-0.1, -0.05) is 13.0 Å². The fraction of sp³-hybridized carbons (Fsp3) is 0.316. The molecule has 1 fully saturated rings. The normalized spacial score (nSPS) is 15.4. The second kappa shape index (κ2) is 8.44. The third-order valence-electron chi connectivity index (χ3n) is 4.71. The van der Waals surface area contributed by atoms with Crippen LogP contribution in [0.15, 0.2) is 52.9 Å². The van der Waals surface area contributed by atoms with Gasteiger partial charge in [0.25, 0.3) is 10.0 Å². The number of anilines is 3. The third-order valence-corrected chi connectivity index (χ3v) is 8.31. The summed E-state index contributed by atoms with van der Waals surface area (Å²) in [5.74, 6) is 2.05. The van der Waals surface area contributed by atoms with Crippen molar-refractivity contribution in [3.05, 3.63) is 53.5 Å². The van der Waals surface area contributed by atoms with Crippen molar-refractivity contribution in [2.45, 2.75) is 17.6 Å². The van der Waals surface area contributed by atoms with Crippen LogP contribution >= 0.6 is 11.3 Å². The summed E-state index contributed by atoms with van der Waals surface area (Å²) in [6.07, 6.45) is 2.55. The van der Waals surface area contributed by atoms with Gasteiger partial charge < -0.3 is 10.2 Å². The summed E-state index contributed by atoms with van der Waals surface area (Å²) in [7, 11) is -3.43. The summed E-state index contributed by atoms with van der Waals surface area (Å²) in [6.45, 7) is 4.04. The van der Waals surface area contributed by atoms with Gasteiger partial charge in [0.15, 0.2) is 11.6 Å². The first-order chi connectivity index (χ1) is 14.1. The molecule has 29 heavy (non-hydrogen) atoms. The van der Waals surface area contributed by atoms with Crippen molar-refractivity contribution in [1.29, 1.82) is 0 Å². The Morgan fingerprint density at radius 3 is 2.45 bits per heavy atom. The molecule has 0 atom stereocenters. The predicted octanol–water partition coefficient (Wildman–Crippen LogP) is 2.75. The van der Waals surface area contributed by atoms with Gasteiger partial charge in [0.05, 0.1) is 0 Å². The van der Waals surface area contributed by atoms with E-state index in [9.17, 15) is 8.42 Å². The van der Waals surface area contributed by atoms with Crippen LogP contribution in [-0.2, 0) is 16.4 Å². The first-order valence-corrected chi connectivity index (χ1v) is 11.7. The lowest BCUT2D eigenvalue weighted by atomic mass is 10.3. The maximum Gasteiger partial charge on any atom is 0.252 e. The standard InChI is InChI=1S/C19H22N6O2S2/c1-2-15-6-9-19(28-15)29(26,27)25-13-11-24(12-14-25)18-8-7-17(22-23-18)21-16-5-3-4-10-20-16/h3-10H,2,11-14H2,1H3,(H,20,21,22). The molecule has 0 amide bonds. The molecular formula is C19H22N6O2S2.